The van der Waals surface area contributed by atoms with E-state index in [1.165, 1.54) is 6.08 Å². The number of alkyl halides is 3. The number of hydrogen-bond donors (Lipinski definition) is 0. The Hall–Kier alpha value is -1.06. The smallest absolute Gasteiger partial charge is 0.413 e. The van der Waals surface area contributed by atoms with Crippen LogP contribution in [0.5, 0.6) is 0 Å². The topological polar surface area (TPSA) is 52.6 Å². The largest absolute Gasteiger partial charge is 0.534 e. The number of rotatable bonds is 7. The molecule has 0 saturated heterocycles. The molecule has 0 spiro atoms. The van der Waals surface area contributed by atoms with Gasteiger partial charge in [-0.15, -0.1) is 0 Å². The molecule has 0 radical (unpaired) electrons. The molecule has 0 aromatic carbocycles. The van der Waals surface area contributed by atoms with Crippen LogP contribution < -0.4 is 0 Å². The minimum Gasteiger partial charge on any atom is -0.413 e. The zero-order valence-corrected chi connectivity index (χ0v) is 18.3. The van der Waals surface area contributed by atoms with Gasteiger partial charge in [0.2, 0.25) is 0 Å². The minimum atomic E-state index is -5.60. The Morgan fingerprint density at radius 1 is 1.22 bits per heavy atom. The molecule has 0 aromatic rings. The van der Waals surface area contributed by atoms with Gasteiger partial charge in [0, 0.05) is 6.42 Å². The molecule has 1 aliphatic rings. The summed E-state index contributed by atoms with van der Waals surface area (Å²) in [6.07, 6.45) is 10.2. The van der Waals surface area contributed by atoms with Crippen LogP contribution in [0.2, 0.25) is 18.1 Å². The van der Waals surface area contributed by atoms with Crippen LogP contribution in [0.4, 0.5) is 13.2 Å². The van der Waals surface area contributed by atoms with Crippen LogP contribution in [-0.2, 0) is 18.7 Å². The summed E-state index contributed by atoms with van der Waals surface area (Å²) in [5.74, 6) is -0.318. The highest BCUT2D eigenvalue weighted by molar-refractivity contribution is 7.87. The summed E-state index contributed by atoms with van der Waals surface area (Å²) in [6.45, 7) is 11.3. The lowest BCUT2D eigenvalue weighted by Crippen LogP contribution is -2.40. The maximum Gasteiger partial charge on any atom is 0.534 e. The van der Waals surface area contributed by atoms with E-state index in [-0.39, 0.29) is 23.1 Å². The molecular weight excluding hydrogens is 397 g/mol. The monoisotopic (exact) mass is 426 g/mol. The first-order chi connectivity index (χ1) is 12.2. The average molecular weight is 427 g/mol. The first kappa shape index (κ1) is 24.0. The second kappa shape index (κ2) is 8.96. The molecule has 0 heterocycles. The fourth-order valence-corrected chi connectivity index (χ4v) is 3.60. The summed E-state index contributed by atoms with van der Waals surface area (Å²) in [7, 11) is -7.39. The molecule has 1 atom stereocenters. The molecule has 0 aliphatic heterocycles. The molecule has 0 N–H and O–H groups in total. The van der Waals surface area contributed by atoms with Crippen LogP contribution in [0.3, 0.4) is 0 Å². The molecule has 0 amide bonds. The zero-order valence-electron chi connectivity index (χ0n) is 16.5. The molecular formula is C18H29F3O4SSi. The lowest BCUT2D eigenvalue weighted by Gasteiger charge is -2.35. The van der Waals surface area contributed by atoms with Crippen LogP contribution in [0.1, 0.15) is 40.0 Å². The van der Waals surface area contributed by atoms with Crippen molar-refractivity contribution in [1.29, 1.82) is 0 Å². The van der Waals surface area contributed by atoms with Gasteiger partial charge in [-0.3, -0.25) is 0 Å². The van der Waals surface area contributed by atoms with Crippen molar-refractivity contribution in [2.24, 2.45) is 5.92 Å². The van der Waals surface area contributed by atoms with E-state index < -0.39 is 23.9 Å². The van der Waals surface area contributed by atoms with Gasteiger partial charge in [-0.1, -0.05) is 45.1 Å². The molecule has 0 aromatic heterocycles. The van der Waals surface area contributed by atoms with Gasteiger partial charge in [0.05, 0.1) is 6.61 Å². The fraction of sp³-hybridized carbons (Fsp3) is 0.667. The van der Waals surface area contributed by atoms with E-state index in [0.29, 0.717) is 13.0 Å². The summed E-state index contributed by atoms with van der Waals surface area (Å²) in [5, 5.41) is 0.136. The third kappa shape index (κ3) is 7.46. The van der Waals surface area contributed by atoms with Crippen LogP contribution in [-0.4, -0.2) is 28.9 Å². The molecule has 1 unspecified atom stereocenters. The lowest BCUT2D eigenvalue weighted by atomic mass is 9.94. The van der Waals surface area contributed by atoms with E-state index in [4.69, 9.17) is 4.43 Å². The maximum atomic E-state index is 12.4. The quantitative estimate of drug-likeness (QED) is 0.228. The molecule has 4 nitrogen and oxygen atoms in total. The van der Waals surface area contributed by atoms with E-state index in [0.717, 1.165) is 6.42 Å². The van der Waals surface area contributed by atoms with Crippen molar-refractivity contribution < 1.29 is 30.2 Å². The summed E-state index contributed by atoms with van der Waals surface area (Å²) in [6, 6.07) is 0. The molecule has 156 valence electrons. The zero-order chi connectivity index (χ0) is 20.9. The number of allylic oxidation sites excluding steroid dienone is 5. The minimum absolute atomic E-state index is 0.136. The van der Waals surface area contributed by atoms with Crippen molar-refractivity contribution in [3.05, 3.63) is 36.1 Å². The van der Waals surface area contributed by atoms with Crippen LogP contribution in [0.15, 0.2) is 36.1 Å². The predicted octanol–water partition coefficient (Wildman–Crippen LogP) is 5.67. The van der Waals surface area contributed by atoms with E-state index >= 15 is 0 Å². The van der Waals surface area contributed by atoms with E-state index in [9.17, 15) is 21.6 Å². The van der Waals surface area contributed by atoms with Crippen LogP contribution >= 0.6 is 0 Å². The molecule has 0 fully saturated rings. The standard InChI is InChI=1S/C18H29F3O4SSi/c1-17(2,3)27(4,5)24-13-8-6-7-10-15-11-9-12-16(14-15)25-26(22,23)18(19,20)21/h6-8,10,14-15H,9,11-13H2,1-5H3/b8-6+,10-7-. The van der Waals surface area contributed by atoms with Crippen molar-refractivity contribution in [3.8, 4) is 0 Å². The van der Waals surface area contributed by atoms with E-state index in [1.54, 1.807) is 6.08 Å². The van der Waals surface area contributed by atoms with Crippen molar-refractivity contribution in [3.63, 3.8) is 0 Å². The van der Waals surface area contributed by atoms with Crippen molar-refractivity contribution >= 4 is 18.4 Å². The molecule has 0 saturated carbocycles. The average Bonchev–Trinajstić information content (AvgIpc) is 2.48. The Bertz CT molecular complexity index is 686. The Morgan fingerprint density at radius 3 is 2.41 bits per heavy atom. The van der Waals surface area contributed by atoms with Gasteiger partial charge in [0.25, 0.3) is 0 Å². The van der Waals surface area contributed by atoms with Crippen molar-refractivity contribution in [2.75, 3.05) is 6.61 Å². The number of halogens is 3. The predicted molar refractivity (Wildman–Crippen MR) is 103 cm³/mol. The molecule has 1 rings (SSSR count). The number of hydrogen-bond acceptors (Lipinski definition) is 4. The summed E-state index contributed by atoms with van der Waals surface area (Å²) in [4.78, 5) is 0. The Kier molecular flexibility index (Phi) is 7.95. The highest BCUT2D eigenvalue weighted by atomic mass is 32.2. The SMILES string of the molecule is CC(C)(C)[Si](C)(C)OC/C=C/C=C\C1C=C(OS(=O)(=O)C(F)(F)F)CCC1. The second-order valence-corrected chi connectivity index (χ2v) is 14.4. The lowest BCUT2D eigenvalue weighted by molar-refractivity contribution is -0.0524. The first-order valence-corrected chi connectivity index (χ1v) is 13.2. The normalized spacial score (nSPS) is 20.3. The first-order valence-electron chi connectivity index (χ1n) is 8.84. The van der Waals surface area contributed by atoms with Gasteiger partial charge in [-0.05, 0) is 43.0 Å². The summed E-state index contributed by atoms with van der Waals surface area (Å²) in [5.41, 5.74) is -5.41. The Labute approximate surface area is 161 Å². The molecule has 1 aliphatic carbocycles. The Morgan fingerprint density at radius 2 is 1.85 bits per heavy atom. The van der Waals surface area contributed by atoms with Gasteiger partial charge >= 0.3 is 15.6 Å². The third-order valence-electron chi connectivity index (χ3n) is 4.81. The molecule has 9 heteroatoms. The highest BCUT2D eigenvalue weighted by Gasteiger charge is 2.48. The van der Waals surface area contributed by atoms with E-state index in [1.807, 2.05) is 18.2 Å². The van der Waals surface area contributed by atoms with E-state index in [2.05, 4.69) is 38.0 Å². The second-order valence-electron chi connectivity index (χ2n) is 8.06. The summed E-state index contributed by atoms with van der Waals surface area (Å²) < 4.78 is 69.6. The van der Waals surface area contributed by atoms with Crippen LogP contribution in [0, 0.1) is 5.92 Å². The van der Waals surface area contributed by atoms with Crippen molar-refractivity contribution in [1.82, 2.24) is 0 Å². The van der Waals surface area contributed by atoms with Gasteiger partial charge in [0.1, 0.15) is 5.76 Å². The van der Waals surface area contributed by atoms with Crippen molar-refractivity contribution in [2.45, 2.75) is 63.7 Å². The Balaban J connectivity index is 2.59. The van der Waals surface area contributed by atoms with Gasteiger partial charge in [0.15, 0.2) is 8.32 Å². The van der Waals surface area contributed by atoms with Gasteiger partial charge < -0.3 is 8.61 Å². The summed E-state index contributed by atoms with van der Waals surface area (Å²) >= 11 is 0. The van der Waals surface area contributed by atoms with Crippen LogP contribution in [0.25, 0.3) is 0 Å². The fourth-order valence-electron chi connectivity index (χ4n) is 2.14. The molecule has 27 heavy (non-hydrogen) atoms. The van der Waals surface area contributed by atoms with Gasteiger partial charge in [-0.25, -0.2) is 0 Å². The highest BCUT2D eigenvalue weighted by Crippen LogP contribution is 2.36. The third-order valence-corrected chi connectivity index (χ3v) is 10.3. The maximum absolute atomic E-state index is 12.4. The molecule has 0 bridgehead atoms. The van der Waals surface area contributed by atoms with Gasteiger partial charge in [-0.2, -0.15) is 21.6 Å².